The molecule has 0 spiro atoms. The second kappa shape index (κ2) is 12.1. The maximum absolute atomic E-state index is 9.66. The van der Waals surface area contributed by atoms with Gasteiger partial charge in [0, 0.05) is 10.9 Å². The molecule has 0 atom stereocenters. The summed E-state index contributed by atoms with van der Waals surface area (Å²) in [6.45, 7) is 5.06. The fourth-order valence-electron chi connectivity index (χ4n) is 3.30. The van der Waals surface area contributed by atoms with Crippen LogP contribution in [0.4, 0.5) is 0 Å². The van der Waals surface area contributed by atoms with Crippen molar-refractivity contribution in [3.63, 3.8) is 0 Å². The molecule has 31 heavy (non-hydrogen) atoms. The summed E-state index contributed by atoms with van der Waals surface area (Å²) in [4.78, 5) is 4.67. The van der Waals surface area contributed by atoms with Crippen LogP contribution in [0.15, 0.2) is 53.9 Å². The highest BCUT2D eigenvalue weighted by Gasteiger charge is 2.09. The van der Waals surface area contributed by atoms with Crippen LogP contribution in [0.2, 0.25) is 0 Å². The summed E-state index contributed by atoms with van der Waals surface area (Å²) in [5.74, 6) is 0.875. The van der Waals surface area contributed by atoms with Gasteiger partial charge in [-0.25, -0.2) is 4.98 Å². The van der Waals surface area contributed by atoms with Crippen molar-refractivity contribution >= 4 is 23.0 Å². The highest BCUT2D eigenvalue weighted by atomic mass is 32.1. The number of thiazole rings is 1. The van der Waals surface area contributed by atoms with Crippen molar-refractivity contribution in [1.29, 1.82) is 5.26 Å². The number of hydrogen-bond acceptors (Lipinski definition) is 4. The molecule has 2 aromatic carbocycles. The number of ether oxygens (including phenoxy) is 1. The van der Waals surface area contributed by atoms with Crippen LogP contribution in [0.1, 0.15) is 61.6 Å². The Kier molecular flexibility index (Phi) is 8.87. The summed E-state index contributed by atoms with van der Waals surface area (Å²) in [5.41, 5.74) is 4.73. The molecule has 1 heterocycles. The number of aryl methyl sites for hydroxylation is 1. The first-order valence-electron chi connectivity index (χ1n) is 11.1. The molecule has 0 saturated carbocycles. The topological polar surface area (TPSA) is 45.9 Å². The number of rotatable bonds is 11. The Morgan fingerprint density at radius 2 is 1.71 bits per heavy atom. The molecule has 0 N–H and O–H groups in total. The van der Waals surface area contributed by atoms with Crippen LogP contribution in [0, 0.1) is 18.3 Å². The average Bonchev–Trinajstić information content (AvgIpc) is 3.28. The second-order valence-corrected chi connectivity index (χ2v) is 8.62. The highest BCUT2D eigenvalue weighted by molar-refractivity contribution is 7.11. The van der Waals surface area contributed by atoms with E-state index in [0.29, 0.717) is 5.57 Å². The van der Waals surface area contributed by atoms with E-state index in [1.54, 1.807) is 0 Å². The number of unbranched alkanes of at least 4 members (excludes halogenated alkanes) is 5. The molecule has 0 fully saturated rings. The van der Waals surface area contributed by atoms with Crippen molar-refractivity contribution in [2.45, 2.75) is 52.4 Å². The van der Waals surface area contributed by atoms with Gasteiger partial charge in [0.1, 0.15) is 16.8 Å². The van der Waals surface area contributed by atoms with E-state index in [1.165, 1.54) is 49.0 Å². The molecule has 3 rings (SSSR count). The fraction of sp³-hybridized carbons (Fsp3) is 0.333. The van der Waals surface area contributed by atoms with E-state index in [-0.39, 0.29) is 0 Å². The summed E-state index contributed by atoms with van der Waals surface area (Å²) >= 11 is 1.50. The molecule has 3 nitrogen and oxygen atoms in total. The van der Waals surface area contributed by atoms with Gasteiger partial charge in [-0.2, -0.15) is 5.26 Å². The fourth-order valence-corrected chi connectivity index (χ4v) is 4.09. The van der Waals surface area contributed by atoms with Gasteiger partial charge in [0.05, 0.1) is 17.9 Å². The van der Waals surface area contributed by atoms with Crippen molar-refractivity contribution in [2.75, 3.05) is 6.61 Å². The predicted molar refractivity (Wildman–Crippen MR) is 131 cm³/mol. The first kappa shape index (κ1) is 22.8. The smallest absolute Gasteiger partial charge is 0.134 e. The van der Waals surface area contributed by atoms with Crippen LogP contribution in [-0.2, 0) is 0 Å². The molecule has 4 heteroatoms. The largest absolute Gasteiger partial charge is 0.494 e. The number of hydrogen-bond donors (Lipinski definition) is 0. The van der Waals surface area contributed by atoms with E-state index < -0.39 is 0 Å². The normalized spacial score (nSPS) is 11.3. The molecular formula is C27H30N2OS. The lowest BCUT2D eigenvalue weighted by molar-refractivity contribution is 0.304. The Labute approximate surface area is 190 Å². The first-order valence-corrected chi connectivity index (χ1v) is 11.9. The molecule has 0 amide bonds. The van der Waals surface area contributed by atoms with Crippen molar-refractivity contribution < 1.29 is 4.74 Å². The third-order valence-electron chi connectivity index (χ3n) is 5.16. The molecule has 1 aromatic heterocycles. The predicted octanol–water partition coefficient (Wildman–Crippen LogP) is 7.92. The van der Waals surface area contributed by atoms with Crippen LogP contribution in [0.5, 0.6) is 5.75 Å². The molecular weight excluding hydrogens is 400 g/mol. The van der Waals surface area contributed by atoms with Crippen LogP contribution in [0.3, 0.4) is 0 Å². The number of aromatic nitrogens is 1. The lowest BCUT2D eigenvalue weighted by Crippen LogP contribution is -1.97. The lowest BCUT2D eigenvalue weighted by atomic mass is 10.1. The number of nitriles is 1. The van der Waals surface area contributed by atoms with Crippen LogP contribution >= 0.6 is 11.3 Å². The Morgan fingerprint density at radius 3 is 2.42 bits per heavy atom. The average molecular weight is 431 g/mol. The molecule has 0 saturated heterocycles. The Morgan fingerprint density at radius 1 is 1.00 bits per heavy atom. The van der Waals surface area contributed by atoms with Gasteiger partial charge in [0.2, 0.25) is 0 Å². The van der Waals surface area contributed by atoms with Gasteiger partial charge in [-0.3, -0.25) is 0 Å². The minimum absolute atomic E-state index is 0.573. The van der Waals surface area contributed by atoms with E-state index in [9.17, 15) is 5.26 Å². The first-order chi connectivity index (χ1) is 15.2. The van der Waals surface area contributed by atoms with Crippen molar-refractivity contribution in [3.05, 3.63) is 70.0 Å². The van der Waals surface area contributed by atoms with Crippen molar-refractivity contribution in [2.24, 2.45) is 0 Å². The quantitative estimate of drug-likeness (QED) is 0.229. The monoisotopic (exact) mass is 430 g/mol. The molecule has 0 aliphatic rings. The Hall–Kier alpha value is -2.90. The van der Waals surface area contributed by atoms with Crippen LogP contribution < -0.4 is 4.74 Å². The molecule has 0 aliphatic heterocycles. The minimum atomic E-state index is 0.573. The molecule has 3 aromatic rings. The van der Waals surface area contributed by atoms with Gasteiger partial charge in [-0.15, -0.1) is 11.3 Å². The molecule has 0 radical (unpaired) electrons. The lowest BCUT2D eigenvalue weighted by Gasteiger charge is -2.06. The van der Waals surface area contributed by atoms with Crippen LogP contribution in [-0.4, -0.2) is 11.6 Å². The molecule has 160 valence electrons. The van der Waals surface area contributed by atoms with Crippen LogP contribution in [0.25, 0.3) is 22.9 Å². The maximum atomic E-state index is 9.66. The Balaban J connectivity index is 1.57. The highest BCUT2D eigenvalue weighted by Crippen LogP contribution is 2.27. The van der Waals surface area contributed by atoms with Gasteiger partial charge in [-0.05, 0) is 37.1 Å². The SMILES string of the molecule is CCCCCCCCOc1ccc(/C=C(\C#N)c2nc(-c3ccc(C)cc3)cs2)cc1. The van der Waals surface area contributed by atoms with Gasteiger partial charge in [0.25, 0.3) is 0 Å². The van der Waals surface area contributed by atoms with Crippen molar-refractivity contribution in [3.8, 4) is 23.1 Å². The summed E-state index contributed by atoms with van der Waals surface area (Å²) in [6.07, 6.45) is 9.43. The zero-order chi connectivity index (χ0) is 21.9. The van der Waals surface area contributed by atoms with E-state index in [2.05, 4.69) is 49.2 Å². The van der Waals surface area contributed by atoms with Gasteiger partial charge >= 0.3 is 0 Å². The molecule has 0 aliphatic carbocycles. The number of allylic oxidation sites excluding steroid dienone is 1. The standard InChI is InChI=1S/C27H30N2OS/c1-3-4-5-6-7-8-17-30-25-15-11-22(12-16-25)18-24(19-28)27-29-26(20-31-27)23-13-9-21(2)10-14-23/h9-16,18,20H,3-8,17H2,1-2H3/b24-18+. The zero-order valence-corrected chi connectivity index (χ0v) is 19.3. The zero-order valence-electron chi connectivity index (χ0n) is 18.4. The third kappa shape index (κ3) is 7.08. The van der Waals surface area contributed by atoms with E-state index in [4.69, 9.17) is 4.74 Å². The second-order valence-electron chi connectivity index (χ2n) is 7.76. The van der Waals surface area contributed by atoms with Crippen molar-refractivity contribution in [1.82, 2.24) is 4.98 Å². The van der Waals surface area contributed by atoms with E-state index >= 15 is 0 Å². The summed E-state index contributed by atoms with van der Waals surface area (Å²) < 4.78 is 5.85. The van der Waals surface area contributed by atoms with Gasteiger partial charge in [-0.1, -0.05) is 81.0 Å². The van der Waals surface area contributed by atoms with E-state index in [0.717, 1.165) is 40.6 Å². The number of benzene rings is 2. The summed E-state index contributed by atoms with van der Waals surface area (Å²) in [6, 6.07) is 18.5. The Bertz CT molecular complexity index is 1010. The van der Waals surface area contributed by atoms with Gasteiger partial charge in [0.15, 0.2) is 0 Å². The third-order valence-corrected chi connectivity index (χ3v) is 6.04. The maximum Gasteiger partial charge on any atom is 0.134 e. The molecule has 0 bridgehead atoms. The summed E-state index contributed by atoms with van der Waals surface area (Å²) in [7, 11) is 0. The van der Waals surface area contributed by atoms with Gasteiger partial charge < -0.3 is 4.74 Å². The van der Waals surface area contributed by atoms with E-state index in [1.807, 2.05) is 35.7 Å². The number of nitrogens with zero attached hydrogens (tertiary/aromatic N) is 2. The molecule has 0 unspecified atom stereocenters. The summed E-state index contributed by atoms with van der Waals surface area (Å²) in [5, 5.41) is 12.4. The minimum Gasteiger partial charge on any atom is -0.494 e.